The van der Waals surface area contributed by atoms with Crippen molar-refractivity contribution in [3.8, 4) is 16.9 Å². The minimum atomic E-state index is -0.218. The van der Waals surface area contributed by atoms with Gasteiger partial charge in [0.1, 0.15) is 5.75 Å². The van der Waals surface area contributed by atoms with Crippen molar-refractivity contribution in [1.82, 2.24) is 25.1 Å². The Morgan fingerprint density at radius 1 is 1.12 bits per heavy atom. The van der Waals surface area contributed by atoms with E-state index in [-0.39, 0.29) is 48.3 Å². The molecule has 3 aromatic rings. The summed E-state index contributed by atoms with van der Waals surface area (Å²) in [6, 6.07) is 8.19. The molecule has 220 valence electrons. The first-order valence-electron chi connectivity index (χ1n) is 15.3. The minimum Gasteiger partial charge on any atom is -0.495 e. The van der Waals surface area contributed by atoms with Gasteiger partial charge in [-0.05, 0) is 94.5 Å². The van der Waals surface area contributed by atoms with E-state index in [4.69, 9.17) is 14.7 Å². The molecule has 0 saturated heterocycles. The summed E-state index contributed by atoms with van der Waals surface area (Å²) in [7, 11) is 1.66. The van der Waals surface area contributed by atoms with Crippen LogP contribution in [0.4, 0.5) is 0 Å². The Hall–Kier alpha value is -3.26. The van der Waals surface area contributed by atoms with E-state index in [0.29, 0.717) is 0 Å². The molecular formula is C33H45N5O3. The molecule has 4 unspecified atom stereocenters. The van der Waals surface area contributed by atoms with Crippen LogP contribution in [0.15, 0.2) is 42.9 Å². The van der Waals surface area contributed by atoms with E-state index < -0.39 is 0 Å². The summed E-state index contributed by atoms with van der Waals surface area (Å²) in [6.07, 6.45) is 13.8. The molecule has 0 bridgehead atoms. The summed E-state index contributed by atoms with van der Waals surface area (Å²) in [4.78, 5) is 23.2. The third-order valence-electron chi connectivity index (χ3n) is 9.22. The molecule has 0 radical (unpaired) electrons. The summed E-state index contributed by atoms with van der Waals surface area (Å²) < 4.78 is 7.37. The third kappa shape index (κ3) is 6.64. The van der Waals surface area contributed by atoms with Crippen molar-refractivity contribution in [3.05, 3.63) is 59.9 Å². The highest BCUT2D eigenvalue weighted by atomic mass is 16.5. The number of ether oxygens (including phenoxy) is 1. The number of carbonyl (C=O) groups is 1. The second-order valence-electron chi connectivity index (χ2n) is 12.2. The second-order valence-corrected chi connectivity index (χ2v) is 12.2. The van der Waals surface area contributed by atoms with Crippen LogP contribution in [0.25, 0.3) is 11.1 Å². The molecule has 2 N–H and O–H groups in total. The van der Waals surface area contributed by atoms with Crippen LogP contribution < -0.4 is 10.1 Å². The smallest absolute Gasteiger partial charge is 0.223 e. The van der Waals surface area contributed by atoms with Crippen LogP contribution in [0.1, 0.15) is 100 Å². The van der Waals surface area contributed by atoms with Crippen LogP contribution >= 0.6 is 0 Å². The fraction of sp³-hybridized carbons (Fsp3) is 0.576. The highest BCUT2D eigenvalue weighted by molar-refractivity contribution is 5.79. The Bertz CT molecular complexity index is 1320. The van der Waals surface area contributed by atoms with E-state index in [1.165, 1.54) is 6.42 Å². The predicted octanol–water partition coefficient (Wildman–Crippen LogP) is 6.17. The first kappa shape index (κ1) is 29.2. The number of hydrogen-bond acceptors (Lipinski definition) is 6. The third-order valence-corrected chi connectivity index (χ3v) is 9.22. The molecule has 4 atom stereocenters. The van der Waals surface area contributed by atoms with Crippen molar-refractivity contribution in [2.45, 2.75) is 90.1 Å². The molecular weight excluding hydrogens is 514 g/mol. The second kappa shape index (κ2) is 13.1. The average Bonchev–Trinajstić information content (AvgIpc) is 3.51. The van der Waals surface area contributed by atoms with Crippen molar-refractivity contribution < 1.29 is 14.6 Å². The van der Waals surface area contributed by atoms with E-state index in [1.54, 1.807) is 7.11 Å². The van der Waals surface area contributed by atoms with Gasteiger partial charge in [0.15, 0.2) is 0 Å². The summed E-state index contributed by atoms with van der Waals surface area (Å²) in [5.41, 5.74) is 4.83. The average molecular weight is 560 g/mol. The van der Waals surface area contributed by atoms with Gasteiger partial charge in [0.05, 0.1) is 30.7 Å². The molecule has 3 heterocycles. The molecule has 2 aliphatic carbocycles. The number of pyridine rings is 2. The fourth-order valence-corrected chi connectivity index (χ4v) is 6.82. The van der Waals surface area contributed by atoms with Crippen molar-refractivity contribution in [1.29, 1.82) is 0 Å². The minimum absolute atomic E-state index is 0.0515. The number of carbonyl (C=O) groups excluding carboxylic acids is 1. The van der Waals surface area contributed by atoms with E-state index in [2.05, 4.69) is 36.5 Å². The SMILES string of the molecule is COc1ccc(C2CCC(C(NC(=O)C3CCCCC3)c3cc(-c4cnn(C(C)C)c4)ccn3)CC2CO)nc1C. The molecule has 0 spiro atoms. The van der Waals surface area contributed by atoms with E-state index in [9.17, 15) is 9.90 Å². The molecule has 0 aliphatic heterocycles. The van der Waals surface area contributed by atoms with Crippen molar-refractivity contribution in [2.75, 3.05) is 13.7 Å². The number of rotatable bonds is 9. The van der Waals surface area contributed by atoms with Gasteiger partial charge < -0.3 is 15.2 Å². The maximum absolute atomic E-state index is 13.6. The van der Waals surface area contributed by atoms with Gasteiger partial charge in [0, 0.05) is 48.1 Å². The Kier molecular flexibility index (Phi) is 9.38. The van der Waals surface area contributed by atoms with E-state index in [0.717, 1.165) is 78.9 Å². The van der Waals surface area contributed by atoms with Crippen LogP contribution in [0, 0.1) is 24.7 Å². The lowest BCUT2D eigenvalue weighted by molar-refractivity contribution is -0.127. The molecule has 5 rings (SSSR count). The molecule has 2 fully saturated rings. The van der Waals surface area contributed by atoms with Gasteiger partial charge in [-0.1, -0.05) is 19.3 Å². The van der Waals surface area contributed by atoms with Crippen LogP contribution in [-0.4, -0.2) is 44.5 Å². The zero-order chi connectivity index (χ0) is 28.9. The maximum Gasteiger partial charge on any atom is 0.223 e. The number of aryl methyl sites for hydroxylation is 1. The number of nitrogens with zero attached hydrogens (tertiary/aromatic N) is 4. The van der Waals surface area contributed by atoms with E-state index in [1.807, 2.05) is 42.2 Å². The molecule has 2 aliphatic rings. The fourth-order valence-electron chi connectivity index (χ4n) is 6.82. The maximum atomic E-state index is 13.6. The van der Waals surface area contributed by atoms with Gasteiger partial charge >= 0.3 is 0 Å². The number of aliphatic hydroxyl groups excluding tert-OH is 1. The molecule has 3 aromatic heterocycles. The summed E-state index contributed by atoms with van der Waals surface area (Å²) >= 11 is 0. The molecule has 1 amide bonds. The normalized spacial score (nSPS) is 22.4. The largest absolute Gasteiger partial charge is 0.495 e. The first-order chi connectivity index (χ1) is 19.9. The van der Waals surface area contributed by atoms with Gasteiger partial charge in [-0.3, -0.25) is 19.4 Å². The molecule has 2 saturated carbocycles. The van der Waals surface area contributed by atoms with Crippen LogP contribution in [0.5, 0.6) is 5.75 Å². The lowest BCUT2D eigenvalue weighted by Gasteiger charge is -2.39. The summed E-state index contributed by atoms with van der Waals surface area (Å²) in [5.74, 6) is 1.36. The summed E-state index contributed by atoms with van der Waals surface area (Å²) in [5, 5.41) is 18.5. The van der Waals surface area contributed by atoms with Gasteiger partial charge in [-0.2, -0.15) is 5.10 Å². The lowest BCUT2D eigenvalue weighted by atomic mass is 9.70. The number of hydrogen-bond donors (Lipinski definition) is 2. The van der Waals surface area contributed by atoms with Gasteiger partial charge in [-0.25, -0.2) is 0 Å². The Morgan fingerprint density at radius 2 is 1.93 bits per heavy atom. The van der Waals surface area contributed by atoms with Gasteiger partial charge in [-0.15, -0.1) is 0 Å². The Morgan fingerprint density at radius 3 is 2.61 bits per heavy atom. The number of amides is 1. The monoisotopic (exact) mass is 559 g/mol. The zero-order valence-corrected chi connectivity index (χ0v) is 24.9. The molecule has 8 nitrogen and oxygen atoms in total. The number of aromatic nitrogens is 4. The lowest BCUT2D eigenvalue weighted by Crippen LogP contribution is -2.41. The highest BCUT2D eigenvalue weighted by Crippen LogP contribution is 2.45. The van der Waals surface area contributed by atoms with Gasteiger partial charge in [0.2, 0.25) is 5.91 Å². The van der Waals surface area contributed by atoms with Crippen LogP contribution in [0.3, 0.4) is 0 Å². The predicted molar refractivity (Wildman–Crippen MR) is 159 cm³/mol. The Balaban J connectivity index is 1.42. The molecule has 41 heavy (non-hydrogen) atoms. The molecule has 0 aromatic carbocycles. The highest BCUT2D eigenvalue weighted by Gasteiger charge is 2.38. The number of methoxy groups -OCH3 is 1. The zero-order valence-electron chi connectivity index (χ0n) is 24.9. The Labute approximate surface area is 243 Å². The van der Waals surface area contributed by atoms with Crippen molar-refractivity contribution in [3.63, 3.8) is 0 Å². The van der Waals surface area contributed by atoms with E-state index >= 15 is 0 Å². The standard InChI is InChI=1S/C33H45N5O3/c1-21(2)38-19-27(18-35-38)24-14-15-34-30(17-24)32(37-33(40)23-8-6-5-7-9-23)25-10-11-28(26(16-25)20-39)29-12-13-31(41-4)22(3)36-29/h12-15,17-19,21,23,25-26,28,32,39H,5-11,16,20H2,1-4H3,(H,37,40). The quantitative estimate of drug-likeness (QED) is 0.325. The van der Waals surface area contributed by atoms with Gasteiger partial charge in [0.25, 0.3) is 0 Å². The first-order valence-corrected chi connectivity index (χ1v) is 15.3. The topological polar surface area (TPSA) is 102 Å². The number of aliphatic hydroxyl groups is 1. The van der Waals surface area contributed by atoms with Crippen molar-refractivity contribution in [2.24, 2.45) is 17.8 Å². The number of nitrogens with one attached hydrogen (secondary N) is 1. The summed E-state index contributed by atoms with van der Waals surface area (Å²) in [6.45, 7) is 6.27. The van der Waals surface area contributed by atoms with Crippen LogP contribution in [-0.2, 0) is 4.79 Å². The van der Waals surface area contributed by atoms with Crippen LogP contribution in [0.2, 0.25) is 0 Å². The van der Waals surface area contributed by atoms with Crippen molar-refractivity contribution >= 4 is 5.91 Å². The molecule has 8 heteroatoms.